The fourth-order valence-electron chi connectivity index (χ4n) is 3.46. The number of hydrogen-bond donors (Lipinski definition) is 2. The Morgan fingerprint density at radius 2 is 1.67 bits per heavy atom. The first-order valence-corrected chi connectivity index (χ1v) is 11.0. The van der Waals surface area contributed by atoms with E-state index in [9.17, 15) is 13.2 Å². The van der Waals surface area contributed by atoms with Gasteiger partial charge in [0.1, 0.15) is 0 Å². The molecule has 144 valence electrons. The van der Waals surface area contributed by atoms with Gasteiger partial charge in [-0.15, -0.1) is 0 Å². The van der Waals surface area contributed by atoms with E-state index >= 15 is 0 Å². The Kier molecular flexibility index (Phi) is 6.16. The number of carbonyl (C=O) groups excluding carboxylic acids is 1. The molecule has 0 bridgehead atoms. The van der Waals surface area contributed by atoms with Gasteiger partial charge in [-0.05, 0) is 55.2 Å². The van der Waals surface area contributed by atoms with E-state index in [-0.39, 0.29) is 16.7 Å². The van der Waals surface area contributed by atoms with E-state index in [0.717, 1.165) is 37.7 Å². The van der Waals surface area contributed by atoms with Gasteiger partial charge in [-0.25, -0.2) is 8.42 Å². The molecule has 1 aliphatic rings. The summed E-state index contributed by atoms with van der Waals surface area (Å²) in [4.78, 5) is 12.5. The number of benzene rings is 2. The molecule has 1 saturated carbocycles. The number of anilines is 2. The predicted octanol–water partition coefficient (Wildman–Crippen LogP) is 4.57. The van der Waals surface area contributed by atoms with Gasteiger partial charge in [-0.1, -0.05) is 44.4 Å². The third kappa shape index (κ3) is 4.89. The van der Waals surface area contributed by atoms with Crippen molar-refractivity contribution < 1.29 is 13.2 Å². The van der Waals surface area contributed by atoms with Gasteiger partial charge in [0.15, 0.2) is 0 Å². The highest BCUT2D eigenvalue weighted by Crippen LogP contribution is 2.26. The number of para-hydroxylation sites is 1. The fraction of sp³-hybridized carbons (Fsp3) is 0.381. The van der Waals surface area contributed by atoms with Gasteiger partial charge >= 0.3 is 0 Å². The first-order chi connectivity index (χ1) is 13.0. The van der Waals surface area contributed by atoms with Crippen molar-refractivity contribution in [3.8, 4) is 0 Å². The number of amides is 1. The highest BCUT2D eigenvalue weighted by Gasteiger charge is 2.21. The van der Waals surface area contributed by atoms with Gasteiger partial charge in [-0.2, -0.15) is 0 Å². The smallest absolute Gasteiger partial charge is 0.261 e. The van der Waals surface area contributed by atoms with Crippen LogP contribution in [0.25, 0.3) is 0 Å². The zero-order chi connectivity index (χ0) is 19.3. The molecule has 0 spiro atoms. The molecule has 2 N–H and O–H groups in total. The zero-order valence-electron chi connectivity index (χ0n) is 15.6. The van der Waals surface area contributed by atoms with Crippen LogP contribution in [0.2, 0.25) is 0 Å². The maximum atomic E-state index is 12.7. The van der Waals surface area contributed by atoms with Crippen LogP contribution in [0, 0.1) is 5.92 Å². The molecule has 0 atom stereocenters. The van der Waals surface area contributed by atoms with E-state index < -0.39 is 10.0 Å². The predicted molar refractivity (Wildman–Crippen MR) is 108 cm³/mol. The van der Waals surface area contributed by atoms with Gasteiger partial charge in [0.2, 0.25) is 5.91 Å². The lowest BCUT2D eigenvalue weighted by Gasteiger charge is -2.20. The SMILES string of the molecule is CCc1ccccc1NS(=O)(=O)c1ccc(NC(=O)C2CCCCC2)cc1. The molecule has 0 radical (unpaired) electrons. The Labute approximate surface area is 161 Å². The number of nitrogens with one attached hydrogen (secondary N) is 2. The molecule has 0 aromatic heterocycles. The van der Waals surface area contributed by atoms with Crippen molar-refractivity contribution in [2.24, 2.45) is 5.92 Å². The van der Waals surface area contributed by atoms with Gasteiger partial charge in [0.25, 0.3) is 10.0 Å². The number of hydrogen-bond acceptors (Lipinski definition) is 3. The Morgan fingerprint density at radius 1 is 1.00 bits per heavy atom. The molecule has 2 aromatic rings. The van der Waals surface area contributed by atoms with Gasteiger partial charge in [0.05, 0.1) is 10.6 Å². The molecule has 0 heterocycles. The third-order valence-corrected chi connectivity index (χ3v) is 6.43. The quantitative estimate of drug-likeness (QED) is 0.764. The summed E-state index contributed by atoms with van der Waals surface area (Å²) in [5.74, 6) is 0.0923. The summed E-state index contributed by atoms with van der Waals surface area (Å²) < 4.78 is 28.0. The monoisotopic (exact) mass is 386 g/mol. The van der Waals surface area contributed by atoms with Gasteiger partial charge < -0.3 is 5.32 Å². The Balaban J connectivity index is 1.69. The van der Waals surface area contributed by atoms with Gasteiger partial charge in [-0.3, -0.25) is 9.52 Å². The summed E-state index contributed by atoms with van der Waals surface area (Å²) in [6.07, 6.45) is 5.99. The second-order valence-electron chi connectivity index (χ2n) is 6.96. The molecule has 6 heteroatoms. The number of carbonyl (C=O) groups is 1. The lowest BCUT2D eigenvalue weighted by molar-refractivity contribution is -0.120. The molecule has 27 heavy (non-hydrogen) atoms. The average molecular weight is 387 g/mol. The number of aryl methyl sites for hydroxylation is 1. The topological polar surface area (TPSA) is 75.3 Å². The van der Waals surface area contributed by atoms with E-state index in [4.69, 9.17) is 0 Å². The summed E-state index contributed by atoms with van der Waals surface area (Å²) in [7, 11) is -3.67. The molecule has 5 nitrogen and oxygen atoms in total. The van der Waals surface area contributed by atoms with Crippen LogP contribution in [0.1, 0.15) is 44.6 Å². The summed E-state index contributed by atoms with van der Waals surface area (Å²) in [5, 5.41) is 2.90. The second-order valence-corrected chi connectivity index (χ2v) is 8.65. The van der Waals surface area contributed by atoms with Crippen molar-refractivity contribution in [1.29, 1.82) is 0 Å². The lowest BCUT2D eigenvalue weighted by atomic mass is 9.88. The van der Waals surface area contributed by atoms with Crippen molar-refractivity contribution in [2.45, 2.75) is 50.3 Å². The summed E-state index contributed by atoms with van der Waals surface area (Å²) in [5.41, 5.74) is 2.16. The zero-order valence-corrected chi connectivity index (χ0v) is 16.4. The molecule has 2 aromatic carbocycles. The summed E-state index contributed by atoms with van der Waals surface area (Å²) >= 11 is 0. The van der Waals surface area contributed by atoms with Crippen LogP contribution < -0.4 is 10.0 Å². The van der Waals surface area contributed by atoms with Crippen molar-refractivity contribution in [3.63, 3.8) is 0 Å². The first-order valence-electron chi connectivity index (χ1n) is 9.51. The van der Waals surface area contributed by atoms with Crippen molar-refractivity contribution in [3.05, 3.63) is 54.1 Å². The molecule has 1 amide bonds. The number of rotatable bonds is 6. The molecular formula is C21H26N2O3S. The number of sulfonamides is 1. The van der Waals surface area contributed by atoms with Crippen LogP contribution in [-0.4, -0.2) is 14.3 Å². The van der Waals surface area contributed by atoms with Crippen LogP contribution >= 0.6 is 0 Å². The molecule has 0 aliphatic heterocycles. The summed E-state index contributed by atoms with van der Waals surface area (Å²) in [6.45, 7) is 1.98. The van der Waals surface area contributed by atoms with E-state index in [0.29, 0.717) is 11.4 Å². The van der Waals surface area contributed by atoms with Crippen LogP contribution in [0.15, 0.2) is 53.4 Å². The molecule has 1 fully saturated rings. The second kappa shape index (κ2) is 8.57. The minimum Gasteiger partial charge on any atom is -0.326 e. The van der Waals surface area contributed by atoms with E-state index in [1.807, 2.05) is 19.1 Å². The molecule has 1 aliphatic carbocycles. The highest BCUT2D eigenvalue weighted by molar-refractivity contribution is 7.92. The molecule has 0 unspecified atom stereocenters. The van der Waals surface area contributed by atoms with Crippen molar-refractivity contribution in [1.82, 2.24) is 0 Å². The van der Waals surface area contributed by atoms with Crippen LogP contribution in [0.3, 0.4) is 0 Å². The molecule has 0 saturated heterocycles. The Bertz CT molecular complexity index is 886. The maximum Gasteiger partial charge on any atom is 0.261 e. The van der Waals surface area contributed by atoms with Crippen LogP contribution in [-0.2, 0) is 21.2 Å². The maximum absolute atomic E-state index is 12.7. The third-order valence-electron chi connectivity index (χ3n) is 5.05. The largest absolute Gasteiger partial charge is 0.326 e. The van der Waals surface area contributed by atoms with Crippen LogP contribution in [0.5, 0.6) is 0 Å². The average Bonchev–Trinajstić information content (AvgIpc) is 2.69. The van der Waals surface area contributed by atoms with E-state index in [2.05, 4.69) is 10.0 Å². The van der Waals surface area contributed by atoms with Crippen LogP contribution in [0.4, 0.5) is 11.4 Å². The summed E-state index contributed by atoms with van der Waals surface area (Å²) in [6, 6.07) is 13.7. The van der Waals surface area contributed by atoms with Gasteiger partial charge in [0, 0.05) is 11.6 Å². The van der Waals surface area contributed by atoms with E-state index in [1.165, 1.54) is 18.6 Å². The Morgan fingerprint density at radius 3 is 2.33 bits per heavy atom. The molecular weight excluding hydrogens is 360 g/mol. The first kappa shape index (κ1) is 19.4. The minimum absolute atomic E-state index is 0.0281. The highest BCUT2D eigenvalue weighted by atomic mass is 32.2. The minimum atomic E-state index is -3.67. The normalized spacial score (nSPS) is 15.3. The standard InChI is InChI=1S/C21H26N2O3S/c1-2-16-8-6-7-11-20(16)23-27(25,26)19-14-12-18(13-15-19)22-21(24)17-9-4-3-5-10-17/h6-8,11-15,17,23H,2-5,9-10H2,1H3,(H,22,24). The van der Waals surface area contributed by atoms with Crippen molar-refractivity contribution >= 4 is 27.3 Å². The Hall–Kier alpha value is -2.34. The fourth-order valence-corrected chi connectivity index (χ4v) is 4.56. The molecule has 3 rings (SSSR count). The van der Waals surface area contributed by atoms with E-state index in [1.54, 1.807) is 24.3 Å². The van der Waals surface area contributed by atoms with Crippen molar-refractivity contribution in [2.75, 3.05) is 10.0 Å². The lowest BCUT2D eigenvalue weighted by Crippen LogP contribution is -2.24.